The Labute approximate surface area is 150 Å². The molecule has 0 atom stereocenters. The summed E-state index contributed by atoms with van der Waals surface area (Å²) in [5, 5.41) is 24.7. The van der Waals surface area contributed by atoms with Crippen LogP contribution >= 0.6 is 12.4 Å². The van der Waals surface area contributed by atoms with E-state index in [-0.39, 0.29) is 34.9 Å². The second-order valence-corrected chi connectivity index (χ2v) is 5.02. The van der Waals surface area contributed by atoms with E-state index in [0.29, 0.717) is 6.07 Å². The molecule has 0 aliphatic carbocycles. The molecule has 1 aromatic carbocycles. The first kappa shape index (κ1) is 19.1. The number of rotatable bonds is 4. The summed E-state index contributed by atoms with van der Waals surface area (Å²) in [7, 11) is 0. The van der Waals surface area contributed by atoms with Crippen LogP contribution in [0.4, 0.5) is 8.78 Å². The van der Waals surface area contributed by atoms with E-state index in [0.717, 1.165) is 29.0 Å². The molecular formula is C15H11ClF2N4O4. The van der Waals surface area contributed by atoms with Gasteiger partial charge in [-0.1, -0.05) is 0 Å². The van der Waals surface area contributed by atoms with Gasteiger partial charge >= 0.3 is 5.97 Å². The number of aromatic hydroxyl groups is 1. The molecule has 136 valence electrons. The number of aliphatic carboxylic acids is 1. The summed E-state index contributed by atoms with van der Waals surface area (Å²) in [4.78, 5) is 26.6. The number of halogens is 3. The monoisotopic (exact) mass is 384 g/mol. The van der Waals surface area contributed by atoms with Crippen molar-refractivity contribution in [2.24, 2.45) is 0 Å². The molecule has 3 aromatic rings. The number of carbonyl (C=O) groups excluding carboxylic acids is 1. The van der Waals surface area contributed by atoms with E-state index in [4.69, 9.17) is 5.11 Å². The van der Waals surface area contributed by atoms with Crippen LogP contribution in [0, 0.1) is 11.6 Å². The van der Waals surface area contributed by atoms with Crippen molar-refractivity contribution in [1.29, 1.82) is 0 Å². The summed E-state index contributed by atoms with van der Waals surface area (Å²) in [5.74, 6) is -4.37. The molecule has 8 nitrogen and oxygen atoms in total. The normalized spacial score (nSPS) is 10.4. The summed E-state index contributed by atoms with van der Waals surface area (Å²) in [6.07, 6.45) is 1.09. The van der Waals surface area contributed by atoms with Crippen molar-refractivity contribution in [3.05, 3.63) is 47.9 Å². The Balaban J connectivity index is 0.00000243. The number of hydrogen-bond donors (Lipinski definition) is 3. The highest BCUT2D eigenvalue weighted by atomic mass is 35.5. The van der Waals surface area contributed by atoms with Gasteiger partial charge < -0.3 is 15.5 Å². The fourth-order valence-corrected chi connectivity index (χ4v) is 2.34. The van der Waals surface area contributed by atoms with Crippen molar-refractivity contribution in [1.82, 2.24) is 19.9 Å². The highest BCUT2D eigenvalue weighted by Gasteiger charge is 2.21. The van der Waals surface area contributed by atoms with Crippen molar-refractivity contribution < 1.29 is 28.6 Å². The average Bonchev–Trinajstić information content (AvgIpc) is 2.99. The van der Waals surface area contributed by atoms with E-state index in [1.54, 1.807) is 0 Å². The maximum Gasteiger partial charge on any atom is 0.322 e. The Morgan fingerprint density at radius 2 is 1.81 bits per heavy atom. The van der Waals surface area contributed by atoms with Gasteiger partial charge in [0.15, 0.2) is 11.3 Å². The minimum atomic E-state index is -1.27. The first-order chi connectivity index (χ1) is 11.9. The van der Waals surface area contributed by atoms with Crippen LogP contribution in [-0.4, -0.2) is 43.2 Å². The quantitative estimate of drug-likeness (QED) is 0.629. The topological polar surface area (TPSA) is 117 Å². The fourth-order valence-electron chi connectivity index (χ4n) is 2.34. The average molecular weight is 385 g/mol. The predicted octanol–water partition coefficient (Wildman–Crippen LogP) is 1.62. The number of amides is 1. The Bertz CT molecular complexity index is 988. The molecule has 0 radical (unpaired) electrons. The Morgan fingerprint density at radius 1 is 1.15 bits per heavy atom. The number of fused-ring (bicyclic) bond motifs is 1. The molecule has 1 amide bonds. The molecule has 0 spiro atoms. The number of aromatic nitrogens is 3. The third kappa shape index (κ3) is 3.54. The molecule has 2 heterocycles. The smallest absolute Gasteiger partial charge is 0.322 e. The van der Waals surface area contributed by atoms with Gasteiger partial charge in [-0.05, 0) is 23.8 Å². The summed E-state index contributed by atoms with van der Waals surface area (Å²) in [6, 6.07) is 3.87. The van der Waals surface area contributed by atoms with Gasteiger partial charge in [0.1, 0.15) is 30.3 Å². The fraction of sp³-hybridized carbons (Fsp3) is 0.0667. The Kier molecular flexibility index (Phi) is 5.36. The van der Waals surface area contributed by atoms with Crippen LogP contribution in [0.3, 0.4) is 0 Å². The van der Waals surface area contributed by atoms with Crippen LogP contribution in [0.15, 0.2) is 30.6 Å². The van der Waals surface area contributed by atoms with Crippen molar-refractivity contribution in [2.75, 3.05) is 6.54 Å². The van der Waals surface area contributed by atoms with Crippen LogP contribution in [0.1, 0.15) is 10.5 Å². The molecule has 0 saturated carbocycles. The standard InChI is InChI=1S/C15H10F2N4O4.ClH/c16-8-1-7(2-9(17)3-8)10-4-11(22)13(15(25)18-5-12(23)24)21-14(10)19-6-20-21;/h1-4,6,22H,5H2,(H,18,25)(H,23,24);1H. The van der Waals surface area contributed by atoms with E-state index >= 15 is 0 Å². The molecule has 0 saturated heterocycles. The zero-order valence-corrected chi connectivity index (χ0v) is 13.6. The molecule has 3 N–H and O–H groups in total. The minimum absolute atomic E-state index is 0. The van der Waals surface area contributed by atoms with Gasteiger partial charge in [0.05, 0.1) is 0 Å². The number of carboxylic acid groups (broad SMARTS) is 1. The highest BCUT2D eigenvalue weighted by molar-refractivity contribution is 5.98. The first-order valence-corrected chi connectivity index (χ1v) is 6.89. The summed E-state index contributed by atoms with van der Waals surface area (Å²) < 4.78 is 27.9. The molecule has 11 heteroatoms. The van der Waals surface area contributed by atoms with Crippen molar-refractivity contribution in [2.45, 2.75) is 0 Å². The van der Waals surface area contributed by atoms with E-state index in [9.17, 15) is 23.5 Å². The number of pyridine rings is 1. The molecule has 3 rings (SSSR count). The molecule has 2 aromatic heterocycles. The van der Waals surface area contributed by atoms with Crippen molar-refractivity contribution >= 4 is 29.9 Å². The molecule has 0 unspecified atom stereocenters. The van der Waals surface area contributed by atoms with Crippen LogP contribution in [0.2, 0.25) is 0 Å². The van der Waals surface area contributed by atoms with Crippen LogP contribution in [0.25, 0.3) is 16.8 Å². The molecular weight excluding hydrogens is 374 g/mol. The molecule has 26 heavy (non-hydrogen) atoms. The predicted molar refractivity (Wildman–Crippen MR) is 87.2 cm³/mol. The number of nitrogens with one attached hydrogen (secondary N) is 1. The number of benzene rings is 1. The SMILES string of the molecule is Cl.O=C(O)CNC(=O)c1c(O)cc(-c2cc(F)cc(F)c2)c2ncnn12. The van der Waals surface area contributed by atoms with E-state index in [2.05, 4.69) is 15.4 Å². The van der Waals surface area contributed by atoms with Crippen molar-refractivity contribution in [3.63, 3.8) is 0 Å². The lowest BCUT2D eigenvalue weighted by molar-refractivity contribution is -0.135. The summed E-state index contributed by atoms with van der Waals surface area (Å²) in [6.45, 7) is -0.661. The van der Waals surface area contributed by atoms with Gasteiger partial charge in [-0.3, -0.25) is 9.59 Å². The third-order valence-corrected chi connectivity index (χ3v) is 3.31. The first-order valence-electron chi connectivity index (χ1n) is 6.89. The third-order valence-electron chi connectivity index (χ3n) is 3.31. The molecule has 0 bridgehead atoms. The Hall–Kier alpha value is -3.27. The maximum absolute atomic E-state index is 13.5. The van der Waals surface area contributed by atoms with Crippen LogP contribution < -0.4 is 5.32 Å². The van der Waals surface area contributed by atoms with Gasteiger partial charge in [0.25, 0.3) is 5.91 Å². The molecule has 0 fully saturated rings. The molecule has 0 aliphatic rings. The lowest BCUT2D eigenvalue weighted by atomic mass is 10.1. The number of nitrogens with zero attached hydrogens (tertiary/aromatic N) is 3. The van der Waals surface area contributed by atoms with Gasteiger partial charge in [-0.25, -0.2) is 18.3 Å². The van der Waals surface area contributed by atoms with Crippen LogP contribution in [0.5, 0.6) is 5.75 Å². The Morgan fingerprint density at radius 3 is 2.42 bits per heavy atom. The van der Waals surface area contributed by atoms with Gasteiger partial charge in [0.2, 0.25) is 0 Å². The highest BCUT2D eigenvalue weighted by Crippen LogP contribution is 2.30. The largest absolute Gasteiger partial charge is 0.505 e. The second-order valence-electron chi connectivity index (χ2n) is 5.02. The summed E-state index contributed by atoms with van der Waals surface area (Å²) in [5.41, 5.74) is -0.0656. The van der Waals surface area contributed by atoms with Gasteiger partial charge in [0, 0.05) is 11.6 Å². The number of hydrogen-bond acceptors (Lipinski definition) is 5. The van der Waals surface area contributed by atoms with E-state index in [1.807, 2.05) is 0 Å². The van der Waals surface area contributed by atoms with Crippen molar-refractivity contribution in [3.8, 4) is 16.9 Å². The second kappa shape index (κ2) is 7.31. The van der Waals surface area contributed by atoms with E-state index in [1.165, 1.54) is 0 Å². The van der Waals surface area contributed by atoms with Gasteiger partial charge in [-0.2, -0.15) is 5.10 Å². The van der Waals surface area contributed by atoms with Crippen LogP contribution in [-0.2, 0) is 4.79 Å². The minimum Gasteiger partial charge on any atom is -0.505 e. The lowest BCUT2D eigenvalue weighted by Gasteiger charge is -2.11. The lowest BCUT2D eigenvalue weighted by Crippen LogP contribution is -2.31. The van der Waals surface area contributed by atoms with E-state index < -0.39 is 35.8 Å². The zero-order valence-electron chi connectivity index (χ0n) is 12.8. The summed E-state index contributed by atoms with van der Waals surface area (Å²) >= 11 is 0. The number of carbonyl (C=O) groups is 2. The zero-order chi connectivity index (χ0) is 18.1. The molecule has 0 aliphatic heterocycles. The number of carboxylic acids is 1. The maximum atomic E-state index is 13.5. The van der Waals surface area contributed by atoms with Gasteiger partial charge in [-0.15, -0.1) is 12.4 Å².